The average molecular weight is 262 g/mol. The van der Waals surface area contributed by atoms with Crippen LogP contribution in [0.5, 0.6) is 5.88 Å². The molecule has 0 atom stereocenters. The van der Waals surface area contributed by atoms with E-state index < -0.39 is 0 Å². The van der Waals surface area contributed by atoms with E-state index in [2.05, 4.69) is 10.3 Å². The molecule has 0 bridgehead atoms. The fourth-order valence-corrected chi connectivity index (χ4v) is 2.56. The van der Waals surface area contributed by atoms with E-state index in [4.69, 9.17) is 4.74 Å². The highest BCUT2D eigenvalue weighted by atomic mass is 16.5. The summed E-state index contributed by atoms with van der Waals surface area (Å²) in [6.07, 6.45) is 8.70. The second-order valence-electron chi connectivity index (χ2n) is 5.19. The molecule has 2 rings (SSSR count). The number of methoxy groups -OCH3 is 1. The minimum absolute atomic E-state index is 0.155. The molecule has 1 fully saturated rings. The number of nitrogens with zero attached hydrogens (tertiary/aromatic N) is 1. The molecule has 0 unspecified atom stereocenters. The normalized spacial score (nSPS) is 16.1. The van der Waals surface area contributed by atoms with E-state index in [1.807, 2.05) is 12.1 Å². The molecule has 0 radical (unpaired) electrons. The van der Waals surface area contributed by atoms with Crippen molar-refractivity contribution >= 4 is 5.91 Å². The molecule has 4 nitrogen and oxygen atoms in total. The van der Waals surface area contributed by atoms with E-state index in [-0.39, 0.29) is 5.91 Å². The molecule has 1 aromatic heterocycles. The molecule has 1 N–H and O–H groups in total. The molecule has 0 spiro atoms. The Labute approximate surface area is 114 Å². The first-order chi connectivity index (χ1) is 9.28. The second-order valence-corrected chi connectivity index (χ2v) is 5.19. The van der Waals surface area contributed by atoms with Crippen LogP contribution in [0.1, 0.15) is 44.1 Å². The molecule has 0 saturated heterocycles. The van der Waals surface area contributed by atoms with Gasteiger partial charge in [-0.1, -0.05) is 25.3 Å². The standard InChI is InChI=1S/C15H22N2O2/c1-19-15-8-7-13(11-17-15)10-16-14(18)9-12-5-3-2-4-6-12/h7-8,11-12H,2-6,9-10H2,1H3,(H,16,18). The van der Waals surface area contributed by atoms with Crippen LogP contribution < -0.4 is 10.1 Å². The molecule has 1 heterocycles. The van der Waals surface area contributed by atoms with Crippen LogP contribution in [0.2, 0.25) is 0 Å². The molecule has 0 aliphatic heterocycles. The summed E-state index contributed by atoms with van der Waals surface area (Å²) in [5, 5.41) is 2.96. The number of amides is 1. The van der Waals surface area contributed by atoms with Gasteiger partial charge < -0.3 is 10.1 Å². The molecule has 4 heteroatoms. The van der Waals surface area contributed by atoms with Crippen molar-refractivity contribution in [1.29, 1.82) is 0 Å². The van der Waals surface area contributed by atoms with Crippen LogP contribution in [0.3, 0.4) is 0 Å². The predicted octanol–water partition coefficient (Wildman–Crippen LogP) is 2.68. The lowest BCUT2D eigenvalue weighted by atomic mass is 9.87. The molecule has 1 aromatic rings. The van der Waals surface area contributed by atoms with Crippen molar-refractivity contribution in [3.63, 3.8) is 0 Å². The number of nitrogens with one attached hydrogen (secondary N) is 1. The Morgan fingerprint density at radius 1 is 1.37 bits per heavy atom. The molecule has 1 aliphatic carbocycles. The Morgan fingerprint density at radius 2 is 2.16 bits per heavy atom. The number of rotatable bonds is 5. The number of pyridine rings is 1. The van der Waals surface area contributed by atoms with Gasteiger partial charge in [0.2, 0.25) is 11.8 Å². The maximum atomic E-state index is 11.9. The first-order valence-corrected chi connectivity index (χ1v) is 7.03. The fourth-order valence-electron chi connectivity index (χ4n) is 2.56. The summed E-state index contributed by atoms with van der Waals surface area (Å²) < 4.78 is 5.00. The highest BCUT2D eigenvalue weighted by Crippen LogP contribution is 2.26. The smallest absolute Gasteiger partial charge is 0.220 e. The molecule has 0 aromatic carbocycles. The summed E-state index contributed by atoms with van der Waals surface area (Å²) in [6, 6.07) is 3.73. The first kappa shape index (κ1) is 13.8. The summed E-state index contributed by atoms with van der Waals surface area (Å²) >= 11 is 0. The summed E-state index contributed by atoms with van der Waals surface area (Å²) in [4.78, 5) is 16.0. The Balaban J connectivity index is 1.72. The number of ether oxygens (including phenoxy) is 1. The zero-order chi connectivity index (χ0) is 13.5. The van der Waals surface area contributed by atoms with Crippen molar-refractivity contribution in [3.8, 4) is 5.88 Å². The monoisotopic (exact) mass is 262 g/mol. The Hall–Kier alpha value is -1.58. The highest BCUT2D eigenvalue weighted by Gasteiger charge is 2.16. The van der Waals surface area contributed by atoms with Crippen LogP contribution in [-0.2, 0) is 11.3 Å². The van der Waals surface area contributed by atoms with E-state index >= 15 is 0 Å². The molecular formula is C15H22N2O2. The van der Waals surface area contributed by atoms with Gasteiger partial charge >= 0.3 is 0 Å². The Kier molecular flexibility index (Phi) is 5.19. The minimum Gasteiger partial charge on any atom is -0.481 e. The van der Waals surface area contributed by atoms with Gasteiger partial charge in [-0.25, -0.2) is 4.98 Å². The van der Waals surface area contributed by atoms with Crippen molar-refractivity contribution in [2.45, 2.75) is 45.1 Å². The van der Waals surface area contributed by atoms with Crippen LogP contribution in [-0.4, -0.2) is 18.0 Å². The largest absolute Gasteiger partial charge is 0.481 e. The molecular weight excluding hydrogens is 240 g/mol. The fraction of sp³-hybridized carbons (Fsp3) is 0.600. The van der Waals surface area contributed by atoms with Crippen molar-refractivity contribution < 1.29 is 9.53 Å². The second kappa shape index (κ2) is 7.12. The number of hydrogen-bond donors (Lipinski definition) is 1. The van der Waals surface area contributed by atoms with Crippen molar-refractivity contribution in [1.82, 2.24) is 10.3 Å². The zero-order valence-electron chi connectivity index (χ0n) is 11.5. The summed E-state index contributed by atoms with van der Waals surface area (Å²) in [5.41, 5.74) is 0.998. The third-order valence-electron chi connectivity index (χ3n) is 3.70. The van der Waals surface area contributed by atoms with E-state index in [0.717, 1.165) is 5.56 Å². The van der Waals surface area contributed by atoms with E-state index in [1.54, 1.807) is 13.3 Å². The van der Waals surface area contributed by atoms with Crippen LogP contribution in [0.15, 0.2) is 18.3 Å². The maximum absolute atomic E-state index is 11.9. The van der Waals surface area contributed by atoms with Crippen LogP contribution in [0.4, 0.5) is 0 Å². The highest BCUT2D eigenvalue weighted by molar-refractivity contribution is 5.76. The molecule has 1 amide bonds. The van der Waals surface area contributed by atoms with E-state index in [1.165, 1.54) is 32.1 Å². The third kappa shape index (κ3) is 4.54. The van der Waals surface area contributed by atoms with Gasteiger partial charge in [0.05, 0.1) is 7.11 Å². The van der Waals surface area contributed by atoms with Gasteiger partial charge in [0, 0.05) is 25.2 Å². The molecule has 19 heavy (non-hydrogen) atoms. The van der Waals surface area contributed by atoms with Gasteiger partial charge in [-0.05, 0) is 24.3 Å². The summed E-state index contributed by atoms with van der Waals surface area (Å²) in [6.45, 7) is 0.544. The Morgan fingerprint density at radius 3 is 2.79 bits per heavy atom. The lowest BCUT2D eigenvalue weighted by Gasteiger charge is -2.20. The van der Waals surface area contributed by atoms with Crippen molar-refractivity contribution in [3.05, 3.63) is 23.9 Å². The summed E-state index contributed by atoms with van der Waals surface area (Å²) in [7, 11) is 1.59. The van der Waals surface area contributed by atoms with Gasteiger partial charge in [-0.2, -0.15) is 0 Å². The predicted molar refractivity (Wildman–Crippen MR) is 73.8 cm³/mol. The van der Waals surface area contributed by atoms with Crippen LogP contribution in [0.25, 0.3) is 0 Å². The number of carbonyl (C=O) groups excluding carboxylic acids is 1. The number of aromatic nitrogens is 1. The number of hydrogen-bond acceptors (Lipinski definition) is 3. The van der Waals surface area contributed by atoms with Gasteiger partial charge in [0.25, 0.3) is 0 Å². The molecule has 1 aliphatic rings. The molecule has 104 valence electrons. The summed E-state index contributed by atoms with van der Waals surface area (Å²) in [5.74, 6) is 1.34. The first-order valence-electron chi connectivity index (χ1n) is 7.03. The zero-order valence-corrected chi connectivity index (χ0v) is 11.5. The average Bonchev–Trinajstić information content (AvgIpc) is 2.47. The lowest BCUT2D eigenvalue weighted by Crippen LogP contribution is -2.25. The maximum Gasteiger partial charge on any atom is 0.220 e. The SMILES string of the molecule is COc1ccc(CNC(=O)CC2CCCCC2)cn1. The topological polar surface area (TPSA) is 51.2 Å². The third-order valence-corrected chi connectivity index (χ3v) is 3.70. The molecule has 1 saturated carbocycles. The van der Waals surface area contributed by atoms with Crippen molar-refractivity contribution in [2.75, 3.05) is 7.11 Å². The van der Waals surface area contributed by atoms with Gasteiger partial charge in [0.1, 0.15) is 0 Å². The minimum atomic E-state index is 0.155. The quantitative estimate of drug-likeness (QED) is 0.887. The van der Waals surface area contributed by atoms with E-state index in [0.29, 0.717) is 24.8 Å². The van der Waals surface area contributed by atoms with Crippen LogP contribution in [0, 0.1) is 5.92 Å². The van der Waals surface area contributed by atoms with Gasteiger partial charge in [0.15, 0.2) is 0 Å². The Bertz CT molecular complexity index is 397. The van der Waals surface area contributed by atoms with Gasteiger partial charge in [-0.3, -0.25) is 4.79 Å². The van der Waals surface area contributed by atoms with Crippen molar-refractivity contribution in [2.24, 2.45) is 5.92 Å². The van der Waals surface area contributed by atoms with Crippen LogP contribution >= 0.6 is 0 Å². The number of carbonyl (C=O) groups is 1. The van der Waals surface area contributed by atoms with E-state index in [9.17, 15) is 4.79 Å². The van der Waals surface area contributed by atoms with Gasteiger partial charge in [-0.15, -0.1) is 0 Å². The lowest BCUT2D eigenvalue weighted by molar-refractivity contribution is -0.122.